The highest BCUT2D eigenvalue weighted by Gasteiger charge is 1.86. The van der Waals surface area contributed by atoms with Crippen molar-refractivity contribution in [1.29, 1.82) is 0 Å². The van der Waals surface area contributed by atoms with Gasteiger partial charge in [-0.1, -0.05) is 22.3 Å². The molecule has 60 valence electrons. The highest BCUT2D eigenvalue weighted by atomic mass is 16.1. The Bertz CT molecular complexity index is 76.0. The third-order valence-corrected chi connectivity index (χ3v) is 0.610. The molecule has 0 amide bonds. The van der Waals surface area contributed by atoms with E-state index in [1.807, 2.05) is 0 Å². The molecule has 0 aliphatic carbocycles. The van der Waals surface area contributed by atoms with Crippen molar-refractivity contribution in [3.05, 3.63) is 0 Å². The molecule has 9 heavy (non-hydrogen) atoms. The zero-order valence-corrected chi connectivity index (χ0v) is 3.99. The topological polar surface area (TPSA) is 29.1 Å². The molecule has 2 nitrogen and oxygen atoms in total. The Hall–Kier alpha value is -0.370. The van der Waals surface area contributed by atoms with E-state index in [0.717, 1.165) is 0 Å². The van der Waals surface area contributed by atoms with Crippen LogP contribution in [-0.4, -0.2) is 19.4 Å². The van der Waals surface area contributed by atoms with Gasteiger partial charge in [0.2, 0.25) is 0 Å². The lowest BCUT2D eigenvalue weighted by Crippen LogP contribution is -2.21. The Kier molecular flexibility index (Phi) is 27.6. The first kappa shape index (κ1) is 15.9. The quantitative estimate of drug-likeness (QED) is 0.585. The van der Waals surface area contributed by atoms with Crippen LogP contribution < -0.4 is 5.32 Å². The lowest BCUT2D eigenvalue weighted by molar-refractivity contribution is -0.109. The number of aldehydes is 1. The van der Waals surface area contributed by atoms with Gasteiger partial charge < -0.3 is 10.1 Å². The Morgan fingerprint density at radius 1 is 1.56 bits per heavy atom. The van der Waals surface area contributed by atoms with E-state index in [-0.39, 0.29) is 28.3 Å². The second-order valence-electron chi connectivity index (χ2n) is 1.13. The fraction of sp³-hybridized carbons (Fsp3) is 0.857. The van der Waals surface area contributed by atoms with Crippen molar-refractivity contribution in [2.24, 2.45) is 0 Å². The lowest BCUT2D eigenvalue weighted by atomic mass is 10.4. The third kappa shape index (κ3) is 18.4. The van der Waals surface area contributed by atoms with Gasteiger partial charge in [-0.05, 0) is 14.0 Å². The van der Waals surface area contributed by atoms with E-state index in [4.69, 9.17) is 1.37 Å². The van der Waals surface area contributed by atoms with Gasteiger partial charge >= 0.3 is 0 Å². The standard InChI is InChI=1S/C4H9NO.3CH4/c1-4(3-6)5-2;;;/h3-5H,1-2H3;3*1H4/i3D;;;. The van der Waals surface area contributed by atoms with E-state index in [2.05, 4.69) is 5.32 Å². The fourth-order valence-electron chi connectivity index (χ4n) is 0.0589. The van der Waals surface area contributed by atoms with Crippen LogP contribution in [0.3, 0.4) is 0 Å². The van der Waals surface area contributed by atoms with Crippen molar-refractivity contribution in [2.75, 3.05) is 7.05 Å². The molecule has 0 aromatic rings. The molecule has 0 rings (SSSR count). The smallest absolute Gasteiger partial charge is 0.136 e. The first-order valence-corrected chi connectivity index (χ1v) is 1.86. The van der Waals surface area contributed by atoms with Crippen LogP contribution in [-0.2, 0) is 4.79 Å². The van der Waals surface area contributed by atoms with Crippen molar-refractivity contribution in [3.8, 4) is 0 Å². The Morgan fingerprint density at radius 3 is 1.89 bits per heavy atom. The number of likely N-dealkylation sites (N-methyl/N-ethyl adjacent to an activating group) is 1. The summed E-state index contributed by atoms with van der Waals surface area (Å²) < 4.78 is 6.48. The van der Waals surface area contributed by atoms with Gasteiger partial charge in [0.05, 0.1) is 6.04 Å². The van der Waals surface area contributed by atoms with Crippen LogP contribution in [0, 0.1) is 0 Å². The highest BCUT2D eigenvalue weighted by Crippen LogP contribution is 1.64. The van der Waals surface area contributed by atoms with E-state index in [0.29, 0.717) is 0 Å². The summed E-state index contributed by atoms with van der Waals surface area (Å²) in [6, 6.07) is -0.319. The maximum atomic E-state index is 9.98. The summed E-state index contributed by atoms with van der Waals surface area (Å²) in [6.45, 7) is 1.65. The van der Waals surface area contributed by atoms with Gasteiger partial charge in [-0.3, -0.25) is 0 Å². The van der Waals surface area contributed by atoms with Gasteiger partial charge in [0, 0.05) is 0 Å². The average Bonchev–Trinajstić information content (AvgIpc) is 1.65. The first-order valence-electron chi connectivity index (χ1n) is 2.36. The van der Waals surface area contributed by atoms with Crippen molar-refractivity contribution in [1.82, 2.24) is 5.32 Å². The normalized spacial score (nSPS) is 10.7. The summed E-state index contributed by atoms with van der Waals surface area (Å²) in [5.74, 6) is 0. The first-order chi connectivity index (χ1) is 3.18. The molecular formula is C7H21NO. The second kappa shape index (κ2) is 15.6. The Morgan fingerprint density at radius 2 is 1.89 bits per heavy atom. The van der Waals surface area contributed by atoms with Gasteiger partial charge in [-0.2, -0.15) is 0 Å². The van der Waals surface area contributed by atoms with Gasteiger partial charge in [0.15, 0.2) is 0 Å². The molecule has 0 radical (unpaired) electrons. The molecule has 1 N–H and O–H groups in total. The van der Waals surface area contributed by atoms with Crippen molar-refractivity contribution in [3.63, 3.8) is 0 Å². The fourth-order valence-corrected chi connectivity index (χ4v) is 0.0589. The summed E-state index contributed by atoms with van der Waals surface area (Å²) in [5.41, 5.74) is 0. The summed E-state index contributed by atoms with van der Waals surface area (Å²) in [7, 11) is 1.65. The van der Waals surface area contributed by atoms with Crippen LogP contribution in [0.4, 0.5) is 0 Å². The SMILES string of the molecule is C.C.C.[2H]C(=O)C(C)NC. The summed E-state index contributed by atoms with van der Waals surface area (Å²) in [6.07, 6.45) is -0.567. The summed E-state index contributed by atoms with van der Waals surface area (Å²) >= 11 is 0. The Labute approximate surface area is 61.1 Å². The van der Waals surface area contributed by atoms with Crippen LogP contribution in [0.25, 0.3) is 0 Å². The van der Waals surface area contributed by atoms with Crippen LogP contribution >= 0.6 is 0 Å². The number of rotatable bonds is 2. The molecule has 0 spiro atoms. The van der Waals surface area contributed by atoms with E-state index < -0.39 is 6.26 Å². The largest absolute Gasteiger partial charge is 0.311 e. The number of hydrogen-bond acceptors (Lipinski definition) is 2. The molecule has 0 aromatic carbocycles. The van der Waals surface area contributed by atoms with Crippen LogP contribution in [0.1, 0.15) is 30.6 Å². The predicted octanol–water partition coefficient (Wildman–Crippen LogP) is 1.70. The van der Waals surface area contributed by atoms with Crippen LogP contribution in [0.15, 0.2) is 0 Å². The van der Waals surface area contributed by atoms with E-state index in [1.54, 1.807) is 14.0 Å². The molecule has 2 heteroatoms. The van der Waals surface area contributed by atoms with Crippen molar-refractivity contribution >= 4 is 6.26 Å². The molecular weight excluding hydrogens is 114 g/mol. The van der Waals surface area contributed by atoms with Crippen LogP contribution in [0.2, 0.25) is 0 Å². The minimum Gasteiger partial charge on any atom is -0.311 e. The molecule has 0 fully saturated rings. The number of carbonyl (C=O) groups excluding carboxylic acids is 1. The summed E-state index contributed by atoms with van der Waals surface area (Å²) in [4.78, 5) is 9.98. The molecule has 1 atom stereocenters. The zero-order valence-electron chi connectivity index (χ0n) is 4.99. The lowest BCUT2D eigenvalue weighted by Gasteiger charge is -1.94. The molecule has 0 aliphatic rings. The number of nitrogens with one attached hydrogen (secondary N) is 1. The maximum Gasteiger partial charge on any atom is 0.136 e. The Balaban J connectivity index is -0.0000000600. The minimum absolute atomic E-state index is 0. The minimum atomic E-state index is -0.567. The van der Waals surface area contributed by atoms with E-state index in [1.165, 1.54) is 0 Å². The number of hydrogen-bond donors (Lipinski definition) is 1. The van der Waals surface area contributed by atoms with Crippen molar-refractivity contribution < 1.29 is 6.17 Å². The third-order valence-electron chi connectivity index (χ3n) is 0.610. The number of carbonyl (C=O) groups is 1. The van der Waals surface area contributed by atoms with Gasteiger partial charge in [0.1, 0.15) is 7.63 Å². The highest BCUT2D eigenvalue weighted by molar-refractivity contribution is 5.56. The molecule has 0 saturated heterocycles. The average molecular weight is 136 g/mol. The van der Waals surface area contributed by atoms with Crippen molar-refractivity contribution in [2.45, 2.75) is 35.2 Å². The molecule has 1 unspecified atom stereocenters. The maximum absolute atomic E-state index is 9.98. The van der Waals surface area contributed by atoms with Crippen LogP contribution in [0.5, 0.6) is 0 Å². The predicted molar refractivity (Wildman–Crippen MR) is 44.8 cm³/mol. The molecule has 0 saturated carbocycles. The monoisotopic (exact) mass is 136 g/mol. The van der Waals surface area contributed by atoms with E-state index in [9.17, 15) is 4.79 Å². The second-order valence-corrected chi connectivity index (χ2v) is 1.13. The van der Waals surface area contributed by atoms with Gasteiger partial charge in [-0.15, -0.1) is 0 Å². The van der Waals surface area contributed by atoms with Gasteiger partial charge in [-0.25, -0.2) is 0 Å². The zero-order chi connectivity index (χ0) is 5.86. The molecule has 0 aliphatic heterocycles. The van der Waals surface area contributed by atoms with E-state index >= 15 is 0 Å². The molecule has 0 aromatic heterocycles. The molecule has 0 heterocycles. The summed E-state index contributed by atoms with van der Waals surface area (Å²) in [5, 5.41) is 2.63. The molecule has 0 bridgehead atoms. The van der Waals surface area contributed by atoms with Gasteiger partial charge in [0.25, 0.3) is 0 Å².